The largest absolute Gasteiger partial charge is 0.0683 e. The van der Waals surface area contributed by atoms with Crippen LogP contribution in [0.5, 0.6) is 0 Å². The van der Waals surface area contributed by atoms with Crippen molar-refractivity contribution in [3.05, 3.63) is 63.2 Å². The zero-order chi connectivity index (χ0) is 19.4. The quantitative estimate of drug-likeness (QED) is 0.500. The Hall–Kier alpha value is -1.82. The predicted molar refractivity (Wildman–Crippen MR) is 116 cm³/mol. The smallest absolute Gasteiger partial charge is 0.00577 e. The molecular weight excluding hydrogens is 312 g/mol. The van der Waals surface area contributed by atoms with Crippen LogP contribution in [-0.2, 0) is 17.3 Å². The maximum atomic E-state index is 2.43. The van der Waals surface area contributed by atoms with Crippen LogP contribution in [0.4, 0.5) is 0 Å². The van der Waals surface area contributed by atoms with Crippen LogP contribution in [-0.4, -0.2) is 0 Å². The first-order chi connectivity index (χ1) is 11.9. The molecule has 0 fully saturated rings. The van der Waals surface area contributed by atoms with Gasteiger partial charge in [-0.25, -0.2) is 0 Å². The Morgan fingerprint density at radius 1 is 0.692 bits per heavy atom. The fraction of sp³-hybridized carbons (Fsp3) is 0.462. The Balaban J connectivity index is 2.34. The summed E-state index contributed by atoms with van der Waals surface area (Å²) in [6, 6.07) is 9.64. The van der Waals surface area contributed by atoms with Gasteiger partial charge in [0.2, 0.25) is 0 Å². The lowest BCUT2D eigenvalue weighted by molar-refractivity contribution is 0.569. The van der Waals surface area contributed by atoms with E-state index in [0.717, 1.165) is 6.42 Å². The van der Waals surface area contributed by atoms with Crippen molar-refractivity contribution < 1.29 is 0 Å². The molecule has 3 rings (SSSR count). The average molecular weight is 347 g/mol. The first kappa shape index (κ1) is 19.0. The van der Waals surface area contributed by atoms with E-state index in [4.69, 9.17) is 0 Å². The van der Waals surface area contributed by atoms with E-state index < -0.39 is 0 Å². The molecule has 0 bridgehead atoms. The van der Waals surface area contributed by atoms with E-state index in [0.29, 0.717) is 0 Å². The number of fused-ring (bicyclic) bond motifs is 1. The van der Waals surface area contributed by atoms with Crippen LogP contribution in [0.2, 0.25) is 0 Å². The standard InChI is InChI=1S/C26H34/c1-16-10-22-17(2)12-18(3)24(23(22)11-16)19-13-20(25(4,5)6)15-21(14-19)26(7,8)9/h11-15H,10H2,1-9H3. The maximum Gasteiger partial charge on any atom is -0.00577 e. The summed E-state index contributed by atoms with van der Waals surface area (Å²) < 4.78 is 0. The van der Waals surface area contributed by atoms with Gasteiger partial charge < -0.3 is 0 Å². The molecule has 0 aromatic heterocycles. The molecule has 0 N–H and O–H groups in total. The molecule has 0 saturated heterocycles. The molecule has 0 heterocycles. The molecule has 0 radical (unpaired) electrons. The highest BCUT2D eigenvalue weighted by Gasteiger charge is 2.24. The normalized spacial score (nSPS) is 14.4. The molecule has 2 aromatic carbocycles. The van der Waals surface area contributed by atoms with Gasteiger partial charge >= 0.3 is 0 Å². The number of benzene rings is 2. The van der Waals surface area contributed by atoms with Crippen molar-refractivity contribution in [1.29, 1.82) is 0 Å². The Labute approximate surface area is 160 Å². The van der Waals surface area contributed by atoms with Gasteiger partial charge in [-0.15, -0.1) is 0 Å². The molecule has 2 aromatic rings. The molecule has 1 aliphatic rings. The van der Waals surface area contributed by atoms with Crippen molar-refractivity contribution in [2.75, 3.05) is 0 Å². The van der Waals surface area contributed by atoms with Crippen LogP contribution in [0.25, 0.3) is 17.2 Å². The molecule has 0 spiro atoms. The van der Waals surface area contributed by atoms with Gasteiger partial charge in [-0.3, -0.25) is 0 Å². The SMILES string of the molecule is CC1=Cc2c(c(C)cc(C)c2-c2cc(C(C)(C)C)cc(C(C)(C)C)c2)C1. The summed E-state index contributed by atoms with van der Waals surface area (Å²) in [6.07, 6.45) is 3.50. The molecule has 26 heavy (non-hydrogen) atoms. The summed E-state index contributed by atoms with van der Waals surface area (Å²) >= 11 is 0. The second-order valence-electron chi connectivity index (χ2n) is 10.2. The number of rotatable bonds is 1. The van der Waals surface area contributed by atoms with Crippen molar-refractivity contribution >= 4 is 6.08 Å². The van der Waals surface area contributed by atoms with E-state index in [1.54, 1.807) is 0 Å². The molecule has 138 valence electrons. The summed E-state index contributed by atoms with van der Waals surface area (Å²) in [5, 5.41) is 0. The summed E-state index contributed by atoms with van der Waals surface area (Å²) in [5.41, 5.74) is 13.2. The second kappa shape index (κ2) is 6.12. The van der Waals surface area contributed by atoms with Gasteiger partial charge in [0, 0.05) is 0 Å². The van der Waals surface area contributed by atoms with Gasteiger partial charge in [0.25, 0.3) is 0 Å². The number of allylic oxidation sites excluding steroid dienone is 1. The van der Waals surface area contributed by atoms with E-state index in [-0.39, 0.29) is 10.8 Å². The molecule has 0 aliphatic heterocycles. The molecule has 0 amide bonds. The third-order valence-electron chi connectivity index (χ3n) is 5.70. The zero-order valence-corrected chi connectivity index (χ0v) is 18.1. The Kier molecular flexibility index (Phi) is 4.46. The first-order valence-electron chi connectivity index (χ1n) is 9.84. The Bertz CT molecular complexity index is 861. The molecule has 0 heteroatoms. The lowest BCUT2D eigenvalue weighted by Gasteiger charge is -2.27. The van der Waals surface area contributed by atoms with E-state index in [9.17, 15) is 0 Å². The zero-order valence-electron chi connectivity index (χ0n) is 18.1. The van der Waals surface area contributed by atoms with Crippen LogP contribution in [0.1, 0.15) is 81.8 Å². The fourth-order valence-corrected chi connectivity index (χ4v) is 4.05. The average Bonchev–Trinajstić information content (AvgIpc) is 2.87. The van der Waals surface area contributed by atoms with E-state index >= 15 is 0 Å². The minimum Gasteiger partial charge on any atom is -0.0683 e. The van der Waals surface area contributed by atoms with Gasteiger partial charge in [0.15, 0.2) is 0 Å². The van der Waals surface area contributed by atoms with Crippen LogP contribution in [0.15, 0.2) is 29.8 Å². The van der Waals surface area contributed by atoms with Crippen molar-refractivity contribution in [1.82, 2.24) is 0 Å². The number of aryl methyl sites for hydroxylation is 2. The van der Waals surface area contributed by atoms with Crippen molar-refractivity contribution in [2.24, 2.45) is 0 Å². The van der Waals surface area contributed by atoms with E-state index in [1.807, 2.05) is 0 Å². The van der Waals surface area contributed by atoms with Gasteiger partial charge in [0.05, 0.1) is 0 Å². The maximum absolute atomic E-state index is 2.43. The van der Waals surface area contributed by atoms with Crippen LogP contribution < -0.4 is 0 Å². The van der Waals surface area contributed by atoms with Crippen LogP contribution in [0, 0.1) is 13.8 Å². The number of hydrogen-bond donors (Lipinski definition) is 0. The lowest BCUT2D eigenvalue weighted by Crippen LogP contribution is -2.16. The highest BCUT2D eigenvalue weighted by molar-refractivity contribution is 5.84. The first-order valence-corrected chi connectivity index (χ1v) is 9.84. The molecule has 0 nitrogen and oxygen atoms in total. The molecule has 1 aliphatic carbocycles. The van der Waals surface area contributed by atoms with E-state index in [2.05, 4.69) is 92.7 Å². The minimum absolute atomic E-state index is 0.142. The minimum atomic E-state index is 0.142. The number of hydrogen-bond acceptors (Lipinski definition) is 0. The monoisotopic (exact) mass is 346 g/mol. The summed E-state index contributed by atoms with van der Waals surface area (Å²) in [4.78, 5) is 0. The van der Waals surface area contributed by atoms with Crippen molar-refractivity contribution in [2.45, 2.75) is 79.6 Å². The van der Waals surface area contributed by atoms with Crippen LogP contribution >= 0.6 is 0 Å². The van der Waals surface area contributed by atoms with Gasteiger partial charge in [-0.05, 0) is 82.5 Å². The van der Waals surface area contributed by atoms with Gasteiger partial charge in [0.1, 0.15) is 0 Å². The van der Waals surface area contributed by atoms with Crippen molar-refractivity contribution in [3.8, 4) is 11.1 Å². The summed E-state index contributed by atoms with van der Waals surface area (Å²) in [7, 11) is 0. The lowest BCUT2D eigenvalue weighted by atomic mass is 9.78. The van der Waals surface area contributed by atoms with E-state index in [1.165, 1.54) is 50.1 Å². The molecule has 0 atom stereocenters. The molecule has 0 unspecified atom stereocenters. The Morgan fingerprint density at radius 3 is 1.73 bits per heavy atom. The highest BCUT2D eigenvalue weighted by atomic mass is 14.3. The van der Waals surface area contributed by atoms with Gasteiger partial charge in [-0.1, -0.05) is 77.5 Å². The summed E-state index contributed by atoms with van der Waals surface area (Å²) in [5.74, 6) is 0. The summed E-state index contributed by atoms with van der Waals surface area (Å²) in [6.45, 7) is 20.7. The Morgan fingerprint density at radius 2 is 1.23 bits per heavy atom. The fourth-order valence-electron chi connectivity index (χ4n) is 4.05. The van der Waals surface area contributed by atoms with Crippen LogP contribution in [0.3, 0.4) is 0 Å². The molecule has 0 saturated carbocycles. The topological polar surface area (TPSA) is 0 Å². The third-order valence-corrected chi connectivity index (χ3v) is 5.70. The third kappa shape index (κ3) is 3.39. The van der Waals surface area contributed by atoms with Crippen molar-refractivity contribution in [3.63, 3.8) is 0 Å². The van der Waals surface area contributed by atoms with Gasteiger partial charge in [-0.2, -0.15) is 0 Å². The molecular formula is C26H34. The second-order valence-corrected chi connectivity index (χ2v) is 10.2. The predicted octanol–water partition coefficient (Wildman–Crippen LogP) is 7.52. The highest BCUT2D eigenvalue weighted by Crippen LogP contribution is 2.41.